The van der Waals surface area contributed by atoms with Crippen molar-refractivity contribution in [3.05, 3.63) is 64.2 Å². The monoisotopic (exact) mass is 339 g/mol. The maximum Gasteiger partial charge on any atom is 0.418 e. The van der Waals surface area contributed by atoms with Crippen molar-refractivity contribution in [3.8, 4) is 0 Å². The first-order chi connectivity index (χ1) is 11.3. The summed E-state index contributed by atoms with van der Waals surface area (Å²) in [5.74, 6) is -0.710. The quantitative estimate of drug-likeness (QED) is 0.643. The minimum atomic E-state index is -4.59. The summed E-state index contributed by atoms with van der Waals surface area (Å²) in [4.78, 5) is 21.9. The largest absolute Gasteiger partial charge is 0.418 e. The molecular weight excluding hydrogens is 327 g/mol. The van der Waals surface area contributed by atoms with Crippen LogP contribution in [-0.2, 0) is 11.0 Å². The summed E-state index contributed by atoms with van der Waals surface area (Å²) < 4.78 is 38.5. The van der Waals surface area contributed by atoms with Crippen molar-refractivity contribution in [2.45, 2.75) is 6.18 Å². The van der Waals surface area contributed by atoms with Crippen molar-refractivity contribution in [3.63, 3.8) is 0 Å². The van der Waals surface area contributed by atoms with E-state index < -0.39 is 22.6 Å². The number of rotatable bonds is 5. The molecule has 2 N–H and O–H groups in total. The molecule has 0 aromatic heterocycles. The standard InChI is InChI=1S/C15H12F3N3O3/c16-15(17,18)12-6-1-2-7-13(12)20-14(22)9-19-10-4-3-5-11(8-10)21(23)24/h1-8,19H,9H2,(H,20,22). The van der Waals surface area contributed by atoms with Gasteiger partial charge in [-0.25, -0.2) is 0 Å². The fraction of sp³-hybridized carbons (Fsp3) is 0.133. The van der Waals surface area contributed by atoms with Crippen molar-refractivity contribution >= 4 is 23.0 Å². The maximum absolute atomic E-state index is 12.8. The highest BCUT2D eigenvalue weighted by molar-refractivity contribution is 5.94. The number of non-ortho nitro benzene ring substituents is 1. The smallest absolute Gasteiger partial charge is 0.376 e. The molecule has 126 valence electrons. The molecule has 2 aromatic rings. The molecule has 0 atom stereocenters. The molecule has 0 fully saturated rings. The molecule has 0 bridgehead atoms. The normalized spacial score (nSPS) is 11.0. The molecule has 2 aromatic carbocycles. The SMILES string of the molecule is O=C(CNc1cccc([N+](=O)[O-])c1)Nc1ccccc1C(F)(F)F. The summed E-state index contributed by atoms with van der Waals surface area (Å²) in [6, 6.07) is 10.0. The lowest BCUT2D eigenvalue weighted by molar-refractivity contribution is -0.384. The Hall–Kier alpha value is -3.10. The third kappa shape index (κ3) is 4.45. The van der Waals surface area contributed by atoms with Crippen LogP contribution in [0.25, 0.3) is 0 Å². The number of carbonyl (C=O) groups excluding carboxylic acids is 1. The zero-order valence-electron chi connectivity index (χ0n) is 12.1. The van der Waals surface area contributed by atoms with E-state index in [1.807, 2.05) is 0 Å². The topological polar surface area (TPSA) is 84.3 Å². The molecular formula is C15H12F3N3O3. The number of carbonyl (C=O) groups is 1. The van der Waals surface area contributed by atoms with Crippen LogP contribution >= 0.6 is 0 Å². The van der Waals surface area contributed by atoms with Crippen molar-refractivity contribution < 1.29 is 22.9 Å². The van der Waals surface area contributed by atoms with Crippen LogP contribution < -0.4 is 10.6 Å². The minimum Gasteiger partial charge on any atom is -0.376 e. The summed E-state index contributed by atoms with van der Waals surface area (Å²) in [7, 11) is 0. The van der Waals surface area contributed by atoms with E-state index in [2.05, 4.69) is 10.6 Å². The van der Waals surface area contributed by atoms with Crippen LogP contribution in [-0.4, -0.2) is 17.4 Å². The second-order valence-electron chi connectivity index (χ2n) is 4.75. The lowest BCUT2D eigenvalue weighted by atomic mass is 10.1. The highest BCUT2D eigenvalue weighted by Crippen LogP contribution is 2.34. The number of amides is 1. The second kappa shape index (κ2) is 6.99. The van der Waals surface area contributed by atoms with Gasteiger partial charge >= 0.3 is 6.18 Å². The van der Waals surface area contributed by atoms with Gasteiger partial charge in [-0.15, -0.1) is 0 Å². The van der Waals surface area contributed by atoms with Crippen LogP contribution in [0.15, 0.2) is 48.5 Å². The van der Waals surface area contributed by atoms with Crippen LogP contribution in [0.3, 0.4) is 0 Å². The molecule has 0 saturated heterocycles. The van der Waals surface area contributed by atoms with E-state index in [4.69, 9.17) is 0 Å². The number of hydrogen-bond donors (Lipinski definition) is 2. The van der Waals surface area contributed by atoms with Gasteiger partial charge in [0.15, 0.2) is 0 Å². The average molecular weight is 339 g/mol. The lowest BCUT2D eigenvalue weighted by Gasteiger charge is -2.14. The van der Waals surface area contributed by atoms with Gasteiger partial charge in [-0.2, -0.15) is 13.2 Å². The summed E-state index contributed by atoms with van der Waals surface area (Å²) in [5, 5.41) is 15.4. The number of para-hydroxylation sites is 1. The Morgan fingerprint density at radius 3 is 2.50 bits per heavy atom. The van der Waals surface area contributed by atoms with Gasteiger partial charge in [0.25, 0.3) is 5.69 Å². The number of halogens is 3. The first-order valence-electron chi connectivity index (χ1n) is 6.72. The molecule has 6 nitrogen and oxygen atoms in total. The number of hydrogen-bond acceptors (Lipinski definition) is 4. The number of nitrogens with zero attached hydrogens (tertiary/aromatic N) is 1. The van der Waals surface area contributed by atoms with Gasteiger partial charge in [0.2, 0.25) is 5.91 Å². The Balaban J connectivity index is 2.02. The Morgan fingerprint density at radius 2 is 1.83 bits per heavy atom. The van der Waals surface area contributed by atoms with Gasteiger partial charge in [-0.1, -0.05) is 18.2 Å². The van der Waals surface area contributed by atoms with Gasteiger partial charge in [0.05, 0.1) is 22.7 Å². The molecule has 9 heteroatoms. The van der Waals surface area contributed by atoms with Gasteiger partial charge in [0.1, 0.15) is 0 Å². The zero-order valence-corrected chi connectivity index (χ0v) is 12.1. The lowest BCUT2D eigenvalue weighted by Crippen LogP contribution is -2.23. The predicted molar refractivity (Wildman–Crippen MR) is 81.7 cm³/mol. The van der Waals surface area contributed by atoms with E-state index in [-0.39, 0.29) is 17.9 Å². The molecule has 0 unspecified atom stereocenters. The first kappa shape index (κ1) is 17.3. The summed E-state index contributed by atoms with van der Waals surface area (Å²) in [6.45, 7) is -0.340. The van der Waals surface area contributed by atoms with E-state index in [0.717, 1.165) is 12.1 Å². The number of alkyl halides is 3. The average Bonchev–Trinajstić information content (AvgIpc) is 2.52. The summed E-state index contributed by atoms with van der Waals surface area (Å²) in [5.41, 5.74) is -1.16. The van der Waals surface area contributed by atoms with E-state index >= 15 is 0 Å². The number of anilines is 2. The van der Waals surface area contributed by atoms with E-state index in [1.54, 1.807) is 0 Å². The summed E-state index contributed by atoms with van der Waals surface area (Å²) >= 11 is 0. The number of benzene rings is 2. The fourth-order valence-electron chi connectivity index (χ4n) is 1.95. The van der Waals surface area contributed by atoms with Crippen molar-refractivity contribution in [2.24, 2.45) is 0 Å². The van der Waals surface area contributed by atoms with Crippen LogP contribution in [0, 0.1) is 10.1 Å². The van der Waals surface area contributed by atoms with Gasteiger partial charge in [-0.3, -0.25) is 14.9 Å². The molecule has 0 aliphatic carbocycles. The Labute approximate surface area is 134 Å². The molecule has 24 heavy (non-hydrogen) atoms. The zero-order chi connectivity index (χ0) is 17.7. The summed E-state index contributed by atoms with van der Waals surface area (Å²) in [6.07, 6.45) is -4.59. The maximum atomic E-state index is 12.8. The van der Waals surface area contributed by atoms with Crippen LogP contribution in [0.1, 0.15) is 5.56 Å². The van der Waals surface area contributed by atoms with Crippen LogP contribution in [0.4, 0.5) is 30.2 Å². The third-order valence-corrected chi connectivity index (χ3v) is 3.02. The third-order valence-electron chi connectivity index (χ3n) is 3.02. The van der Waals surface area contributed by atoms with E-state index in [9.17, 15) is 28.1 Å². The second-order valence-corrected chi connectivity index (χ2v) is 4.75. The van der Waals surface area contributed by atoms with E-state index in [1.165, 1.54) is 36.4 Å². The molecule has 0 radical (unpaired) electrons. The number of nitro benzene ring substituents is 1. The highest BCUT2D eigenvalue weighted by atomic mass is 19.4. The van der Waals surface area contributed by atoms with Crippen LogP contribution in [0.2, 0.25) is 0 Å². The molecule has 0 saturated carbocycles. The Morgan fingerprint density at radius 1 is 1.12 bits per heavy atom. The molecule has 0 heterocycles. The highest BCUT2D eigenvalue weighted by Gasteiger charge is 2.33. The fourth-order valence-corrected chi connectivity index (χ4v) is 1.95. The predicted octanol–water partition coefficient (Wildman–Crippen LogP) is 3.66. The molecule has 2 rings (SSSR count). The van der Waals surface area contributed by atoms with Gasteiger partial charge < -0.3 is 10.6 Å². The molecule has 0 aliphatic rings. The van der Waals surface area contributed by atoms with Crippen molar-refractivity contribution in [1.29, 1.82) is 0 Å². The molecule has 1 amide bonds. The van der Waals surface area contributed by atoms with Gasteiger partial charge in [0, 0.05) is 17.8 Å². The Bertz CT molecular complexity index is 763. The van der Waals surface area contributed by atoms with Gasteiger partial charge in [-0.05, 0) is 18.2 Å². The molecule has 0 spiro atoms. The van der Waals surface area contributed by atoms with Crippen LogP contribution in [0.5, 0.6) is 0 Å². The molecule has 0 aliphatic heterocycles. The number of nitro groups is 1. The van der Waals surface area contributed by atoms with Crippen molar-refractivity contribution in [1.82, 2.24) is 0 Å². The van der Waals surface area contributed by atoms with Crippen molar-refractivity contribution in [2.75, 3.05) is 17.2 Å². The minimum absolute atomic E-state index is 0.164. The first-order valence-corrected chi connectivity index (χ1v) is 6.72. The Kier molecular flexibility index (Phi) is 5.02. The van der Waals surface area contributed by atoms with E-state index in [0.29, 0.717) is 5.69 Å². The number of nitrogens with one attached hydrogen (secondary N) is 2.